The fourth-order valence-electron chi connectivity index (χ4n) is 2.99. The fraction of sp³-hybridized carbons (Fsp3) is 0.333. The number of carbonyl (C=O) groups excluding carboxylic acids is 2. The molecule has 0 spiro atoms. The average Bonchev–Trinajstić information content (AvgIpc) is 2.69. The van der Waals surface area contributed by atoms with Crippen molar-refractivity contribution in [1.29, 1.82) is 0 Å². The number of hydrogen-bond acceptors (Lipinski definition) is 4. The van der Waals surface area contributed by atoms with E-state index in [1.807, 2.05) is 12.1 Å². The molecule has 2 amide bonds. The zero-order valence-corrected chi connectivity index (χ0v) is 16.2. The summed E-state index contributed by atoms with van der Waals surface area (Å²) < 4.78 is 5.18. The van der Waals surface area contributed by atoms with Crippen LogP contribution in [-0.4, -0.2) is 41.2 Å². The van der Waals surface area contributed by atoms with Gasteiger partial charge in [-0.1, -0.05) is 35.9 Å². The standard InChI is InChI=1S/C21H23ClN2O4/c22-17-5-1-16(2-6-17)14-28-21(27)23-18-7-3-15(4-8-18)13-20(26)24-11-9-19(25)10-12-24/h1-8,19,25H,9-14H2,(H,23,27). The smallest absolute Gasteiger partial charge is 0.411 e. The molecule has 148 valence electrons. The SMILES string of the molecule is O=C(Nc1ccc(CC(=O)N2CCC(O)CC2)cc1)OCc1ccc(Cl)cc1. The number of aliphatic hydroxyl groups excluding tert-OH is 1. The van der Waals surface area contributed by atoms with Gasteiger partial charge in [-0.25, -0.2) is 4.79 Å². The van der Waals surface area contributed by atoms with Gasteiger partial charge >= 0.3 is 6.09 Å². The summed E-state index contributed by atoms with van der Waals surface area (Å²) in [6.07, 6.45) is 0.719. The second-order valence-corrected chi connectivity index (χ2v) is 7.25. The maximum Gasteiger partial charge on any atom is 0.411 e. The molecule has 0 bridgehead atoms. The second kappa shape index (κ2) is 9.57. The number of carbonyl (C=O) groups is 2. The monoisotopic (exact) mass is 402 g/mol. The molecular weight excluding hydrogens is 380 g/mol. The van der Waals surface area contributed by atoms with E-state index in [9.17, 15) is 14.7 Å². The van der Waals surface area contributed by atoms with Crippen LogP contribution in [0.1, 0.15) is 24.0 Å². The van der Waals surface area contributed by atoms with E-state index in [1.54, 1.807) is 41.3 Å². The molecule has 0 unspecified atom stereocenters. The summed E-state index contributed by atoms with van der Waals surface area (Å²) in [7, 11) is 0. The third-order valence-electron chi connectivity index (χ3n) is 4.66. The quantitative estimate of drug-likeness (QED) is 0.800. The summed E-state index contributed by atoms with van der Waals surface area (Å²) in [5, 5.41) is 12.8. The van der Waals surface area contributed by atoms with Gasteiger partial charge in [0.05, 0.1) is 12.5 Å². The van der Waals surface area contributed by atoms with Crippen molar-refractivity contribution < 1.29 is 19.4 Å². The van der Waals surface area contributed by atoms with Crippen LogP contribution in [0.3, 0.4) is 0 Å². The van der Waals surface area contributed by atoms with Crippen LogP contribution in [0, 0.1) is 0 Å². The Morgan fingerprint density at radius 1 is 1.04 bits per heavy atom. The first-order chi connectivity index (χ1) is 13.5. The van der Waals surface area contributed by atoms with E-state index in [1.165, 1.54) is 0 Å². The van der Waals surface area contributed by atoms with Crippen LogP contribution in [0.25, 0.3) is 0 Å². The van der Waals surface area contributed by atoms with Gasteiger partial charge in [0.15, 0.2) is 0 Å². The van der Waals surface area contributed by atoms with Gasteiger partial charge in [0.25, 0.3) is 0 Å². The highest BCUT2D eigenvalue weighted by atomic mass is 35.5. The van der Waals surface area contributed by atoms with Crippen LogP contribution >= 0.6 is 11.6 Å². The lowest BCUT2D eigenvalue weighted by Gasteiger charge is -2.29. The van der Waals surface area contributed by atoms with Gasteiger partial charge in [-0.3, -0.25) is 10.1 Å². The molecule has 0 aromatic heterocycles. The van der Waals surface area contributed by atoms with E-state index in [2.05, 4.69) is 5.32 Å². The molecule has 2 N–H and O–H groups in total. The molecule has 1 saturated heterocycles. The van der Waals surface area contributed by atoms with Crippen LogP contribution in [0.5, 0.6) is 0 Å². The lowest BCUT2D eigenvalue weighted by atomic mass is 10.1. The van der Waals surface area contributed by atoms with Crippen molar-refractivity contribution in [3.63, 3.8) is 0 Å². The number of amides is 2. The predicted octanol–water partition coefficient (Wildman–Crippen LogP) is 3.61. The highest BCUT2D eigenvalue weighted by Gasteiger charge is 2.21. The summed E-state index contributed by atoms with van der Waals surface area (Å²) in [5.41, 5.74) is 2.31. The number of halogens is 1. The van der Waals surface area contributed by atoms with Gasteiger partial charge in [-0.15, -0.1) is 0 Å². The molecule has 2 aromatic carbocycles. The minimum atomic E-state index is -0.550. The number of anilines is 1. The first kappa shape index (κ1) is 20.2. The molecule has 28 heavy (non-hydrogen) atoms. The Morgan fingerprint density at radius 2 is 1.64 bits per heavy atom. The van der Waals surface area contributed by atoms with E-state index in [-0.39, 0.29) is 18.6 Å². The average molecular weight is 403 g/mol. The molecule has 1 heterocycles. The van der Waals surface area contributed by atoms with Crippen LogP contribution < -0.4 is 5.32 Å². The molecule has 0 atom stereocenters. The molecular formula is C21H23ClN2O4. The van der Waals surface area contributed by atoms with Crippen molar-refractivity contribution in [2.24, 2.45) is 0 Å². The van der Waals surface area contributed by atoms with E-state index in [0.717, 1.165) is 11.1 Å². The topological polar surface area (TPSA) is 78.9 Å². The Morgan fingerprint density at radius 3 is 2.29 bits per heavy atom. The Balaban J connectivity index is 1.45. The maximum atomic E-state index is 12.3. The molecule has 6 nitrogen and oxygen atoms in total. The third-order valence-corrected chi connectivity index (χ3v) is 4.91. The number of rotatable bonds is 5. The zero-order valence-electron chi connectivity index (χ0n) is 15.4. The van der Waals surface area contributed by atoms with Gasteiger partial charge in [0, 0.05) is 23.8 Å². The van der Waals surface area contributed by atoms with Crippen molar-refractivity contribution in [2.45, 2.75) is 32.0 Å². The molecule has 1 aliphatic rings. The van der Waals surface area contributed by atoms with Gasteiger partial charge in [-0.2, -0.15) is 0 Å². The van der Waals surface area contributed by atoms with E-state index >= 15 is 0 Å². The Labute approximate surface area is 169 Å². The fourth-order valence-corrected chi connectivity index (χ4v) is 3.12. The number of benzene rings is 2. The largest absolute Gasteiger partial charge is 0.444 e. The number of piperidine rings is 1. The normalized spacial score (nSPS) is 14.6. The minimum Gasteiger partial charge on any atom is -0.444 e. The van der Waals surface area contributed by atoms with E-state index < -0.39 is 6.09 Å². The van der Waals surface area contributed by atoms with Gasteiger partial charge in [-0.05, 0) is 48.2 Å². The number of ether oxygens (including phenoxy) is 1. The summed E-state index contributed by atoms with van der Waals surface area (Å²) in [4.78, 5) is 26.0. The van der Waals surface area contributed by atoms with Gasteiger partial charge in [0.2, 0.25) is 5.91 Å². The summed E-state index contributed by atoms with van der Waals surface area (Å²) in [6.45, 7) is 1.35. The van der Waals surface area contributed by atoms with Crippen molar-refractivity contribution in [2.75, 3.05) is 18.4 Å². The predicted molar refractivity (Wildman–Crippen MR) is 107 cm³/mol. The zero-order chi connectivity index (χ0) is 19.9. The summed E-state index contributed by atoms with van der Waals surface area (Å²) in [5.74, 6) is 0.0509. The van der Waals surface area contributed by atoms with Gasteiger partial charge in [0.1, 0.15) is 6.61 Å². The number of nitrogens with zero attached hydrogens (tertiary/aromatic N) is 1. The second-order valence-electron chi connectivity index (χ2n) is 6.81. The molecule has 7 heteroatoms. The number of hydrogen-bond donors (Lipinski definition) is 2. The van der Waals surface area contributed by atoms with Crippen molar-refractivity contribution in [3.8, 4) is 0 Å². The maximum absolute atomic E-state index is 12.3. The molecule has 0 saturated carbocycles. The van der Waals surface area contributed by atoms with Crippen molar-refractivity contribution in [3.05, 3.63) is 64.7 Å². The molecule has 2 aromatic rings. The number of aliphatic hydroxyl groups is 1. The van der Waals surface area contributed by atoms with Gasteiger partial charge < -0.3 is 14.7 Å². The minimum absolute atomic E-state index is 0.0509. The molecule has 0 radical (unpaired) electrons. The van der Waals surface area contributed by atoms with E-state index in [0.29, 0.717) is 43.1 Å². The van der Waals surface area contributed by atoms with Crippen LogP contribution in [0.2, 0.25) is 5.02 Å². The molecule has 0 aliphatic carbocycles. The molecule has 1 aliphatic heterocycles. The molecule has 1 fully saturated rings. The lowest BCUT2D eigenvalue weighted by molar-refractivity contribution is -0.132. The highest BCUT2D eigenvalue weighted by Crippen LogP contribution is 2.15. The Bertz CT molecular complexity index is 800. The van der Waals surface area contributed by atoms with Crippen LogP contribution in [0.4, 0.5) is 10.5 Å². The highest BCUT2D eigenvalue weighted by molar-refractivity contribution is 6.30. The first-order valence-electron chi connectivity index (χ1n) is 9.22. The summed E-state index contributed by atoms with van der Waals surface area (Å²) >= 11 is 5.82. The van der Waals surface area contributed by atoms with Crippen LogP contribution in [-0.2, 0) is 22.6 Å². The first-order valence-corrected chi connectivity index (χ1v) is 9.60. The lowest BCUT2D eigenvalue weighted by Crippen LogP contribution is -2.40. The number of nitrogens with one attached hydrogen (secondary N) is 1. The Hall–Kier alpha value is -2.57. The van der Waals surface area contributed by atoms with Crippen LogP contribution in [0.15, 0.2) is 48.5 Å². The summed E-state index contributed by atoms with van der Waals surface area (Å²) in [6, 6.07) is 14.2. The molecule has 3 rings (SSSR count). The Kier molecular flexibility index (Phi) is 6.90. The van der Waals surface area contributed by atoms with E-state index in [4.69, 9.17) is 16.3 Å². The third kappa shape index (κ3) is 5.97. The van der Waals surface area contributed by atoms with Crippen molar-refractivity contribution >= 4 is 29.3 Å². The number of likely N-dealkylation sites (tertiary alicyclic amines) is 1. The van der Waals surface area contributed by atoms with Crippen molar-refractivity contribution in [1.82, 2.24) is 4.90 Å².